The normalized spacial score (nSPS) is 26.4. The summed E-state index contributed by atoms with van der Waals surface area (Å²) >= 11 is 6.44. The highest BCUT2D eigenvalue weighted by molar-refractivity contribution is 6.22. The monoisotopic (exact) mass is 472 g/mol. The fourth-order valence-electron chi connectivity index (χ4n) is 5.47. The van der Waals surface area contributed by atoms with Crippen molar-refractivity contribution in [1.82, 2.24) is 15.1 Å². The summed E-state index contributed by atoms with van der Waals surface area (Å²) in [6.45, 7) is 0.170. The smallest absolute Gasteiger partial charge is 0.284 e. The number of hydrogen-bond acceptors (Lipinski definition) is 7. The quantitative estimate of drug-likeness (QED) is 0.661. The van der Waals surface area contributed by atoms with Crippen LogP contribution in [0.4, 0.5) is 0 Å². The second kappa shape index (κ2) is 8.87. The molecule has 2 aromatic rings. The Labute approximate surface area is 195 Å². The lowest BCUT2D eigenvalue weighted by Crippen LogP contribution is -2.46. The highest BCUT2D eigenvalue weighted by atomic mass is 35.5. The Bertz CT molecular complexity index is 1070. The first-order chi connectivity index (χ1) is 16.0. The molecule has 0 bridgehead atoms. The van der Waals surface area contributed by atoms with E-state index < -0.39 is 29.3 Å². The van der Waals surface area contributed by atoms with Crippen LogP contribution < -0.4 is 5.73 Å². The minimum absolute atomic E-state index is 0.00406. The molecule has 2 N–H and O–H groups in total. The fourth-order valence-corrected chi connectivity index (χ4v) is 5.83. The van der Waals surface area contributed by atoms with Crippen molar-refractivity contribution in [2.75, 3.05) is 13.2 Å². The van der Waals surface area contributed by atoms with Gasteiger partial charge in [-0.3, -0.25) is 14.4 Å². The largest absolute Gasteiger partial charge is 0.451 e. The van der Waals surface area contributed by atoms with E-state index in [2.05, 4.69) is 10.2 Å². The third-order valence-corrected chi connectivity index (χ3v) is 7.37. The summed E-state index contributed by atoms with van der Waals surface area (Å²) < 4.78 is 11.4. The molecule has 9 nitrogen and oxygen atoms in total. The molecule has 0 radical (unpaired) electrons. The molecule has 2 aliphatic heterocycles. The molecule has 0 unspecified atom stereocenters. The molecule has 3 fully saturated rings. The number of rotatable bonds is 5. The van der Waals surface area contributed by atoms with E-state index in [1.165, 1.54) is 12.4 Å². The number of ketones is 1. The highest BCUT2D eigenvalue weighted by Crippen LogP contribution is 2.43. The van der Waals surface area contributed by atoms with Crippen molar-refractivity contribution in [2.24, 2.45) is 11.7 Å². The number of carbonyl (C=O) groups is 3. The number of halogens is 1. The van der Waals surface area contributed by atoms with E-state index >= 15 is 0 Å². The molecule has 4 atom stereocenters. The number of primary amides is 1. The number of ether oxygens (including phenoxy) is 1. The molecule has 33 heavy (non-hydrogen) atoms. The van der Waals surface area contributed by atoms with Gasteiger partial charge in [0, 0.05) is 17.7 Å². The zero-order chi connectivity index (χ0) is 23.1. The van der Waals surface area contributed by atoms with Crippen molar-refractivity contribution < 1.29 is 23.5 Å². The molecule has 4 heterocycles. The number of amides is 2. The van der Waals surface area contributed by atoms with Crippen LogP contribution in [0.1, 0.15) is 54.1 Å². The Kier molecular flexibility index (Phi) is 5.92. The minimum atomic E-state index is -0.748. The zero-order valence-electron chi connectivity index (χ0n) is 18.0. The molecule has 2 amide bonds. The second-order valence-corrected chi connectivity index (χ2v) is 9.52. The van der Waals surface area contributed by atoms with Gasteiger partial charge in [-0.1, -0.05) is 19.3 Å². The van der Waals surface area contributed by atoms with Crippen LogP contribution in [-0.4, -0.2) is 63.4 Å². The van der Waals surface area contributed by atoms with Gasteiger partial charge < -0.3 is 19.8 Å². The molecule has 2 saturated heterocycles. The van der Waals surface area contributed by atoms with Crippen LogP contribution in [0.2, 0.25) is 0 Å². The minimum Gasteiger partial charge on any atom is -0.451 e. The third kappa shape index (κ3) is 3.93. The molecule has 174 valence electrons. The number of nitrogens with zero attached hydrogens (tertiary/aromatic N) is 3. The van der Waals surface area contributed by atoms with Crippen LogP contribution in [0.5, 0.6) is 0 Å². The highest BCUT2D eigenvalue weighted by Gasteiger charge is 2.53. The van der Waals surface area contributed by atoms with E-state index in [0.717, 1.165) is 32.1 Å². The van der Waals surface area contributed by atoms with Crippen molar-refractivity contribution >= 4 is 29.2 Å². The maximum absolute atomic E-state index is 14.0. The number of nitrogens with two attached hydrogens (primary N) is 1. The summed E-state index contributed by atoms with van der Waals surface area (Å²) in [5, 5.41) is 7.17. The standard InChI is InChI=1S/C23H25ClN4O5/c24-15-10-28(19-16(29)11-32-21(15)19)23(31)18(12-4-2-1-3-5-12)14-8-17(33-20(14)22(25)30)13-6-7-26-27-9-13/h6-9,12,15,18-19,21H,1-5,10-11H2,(H2,25,30)/t15-,18-,19+,21+/m0/s1. The first-order valence-electron chi connectivity index (χ1n) is 11.2. The number of fused-ring (bicyclic) bond motifs is 1. The van der Waals surface area contributed by atoms with Crippen molar-refractivity contribution in [3.05, 3.63) is 35.9 Å². The molecule has 1 saturated carbocycles. The van der Waals surface area contributed by atoms with Crippen molar-refractivity contribution in [2.45, 2.75) is 55.5 Å². The molecule has 2 aromatic heterocycles. The number of Topliss-reactive ketones (excluding diaryl/α,β-unsaturated/α-hetero) is 1. The fraction of sp³-hybridized carbons (Fsp3) is 0.522. The average Bonchev–Trinajstić information content (AvgIpc) is 3.52. The molecule has 5 rings (SSSR count). The number of furan rings is 1. The summed E-state index contributed by atoms with van der Waals surface area (Å²) in [7, 11) is 0. The third-order valence-electron chi connectivity index (χ3n) is 6.98. The average molecular weight is 473 g/mol. The summed E-state index contributed by atoms with van der Waals surface area (Å²) in [6, 6.07) is 2.71. The lowest BCUT2D eigenvalue weighted by Gasteiger charge is -2.33. The van der Waals surface area contributed by atoms with Gasteiger partial charge in [-0.15, -0.1) is 11.6 Å². The summed E-state index contributed by atoms with van der Waals surface area (Å²) in [5.74, 6) is -1.46. The predicted octanol–water partition coefficient (Wildman–Crippen LogP) is 2.29. The Hall–Kier alpha value is -2.78. The number of alkyl halides is 1. The summed E-state index contributed by atoms with van der Waals surface area (Å²) in [4.78, 5) is 40.5. The van der Waals surface area contributed by atoms with Crippen LogP contribution in [-0.2, 0) is 14.3 Å². The molecule has 0 aromatic carbocycles. The van der Waals surface area contributed by atoms with E-state index in [1.54, 1.807) is 17.0 Å². The topological polar surface area (TPSA) is 129 Å². The molecule has 10 heteroatoms. The maximum atomic E-state index is 14.0. The first-order valence-corrected chi connectivity index (χ1v) is 11.7. The SMILES string of the molecule is NC(=O)c1oc(-c2ccnnc2)cc1[C@@H](C(=O)N1C[C@H](Cl)[C@H]2OCC(=O)[C@H]21)C1CCCCC1. The van der Waals surface area contributed by atoms with Gasteiger partial charge in [0.25, 0.3) is 5.91 Å². The van der Waals surface area contributed by atoms with Crippen LogP contribution in [0, 0.1) is 5.92 Å². The van der Waals surface area contributed by atoms with Gasteiger partial charge >= 0.3 is 0 Å². The maximum Gasteiger partial charge on any atom is 0.284 e. The first kappa shape index (κ1) is 22.0. The predicted molar refractivity (Wildman–Crippen MR) is 117 cm³/mol. The lowest BCUT2D eigenvalue weighted by atomic mass is 9.75. The van der Waals surface area contributed by atoms with E-state index in [1.807, 2.05) is 0 Å². The summed E-state index contributed by atoms with van der Waals surface area (Å²) in [5.41, 5.74) is 6.75. The van der Waals surface area contributed by atoms with Crippen LogP contribution in [0.25, 0.3) is 11.3 Å². The van der Waals surface area contributed by atoms with Gasteiger partial charge in [0.2, 0.25) is 5.91 Å². The summed E-state index contributed by atoms with van der Waals surface area (Å²) in [6.07, 6.45) is 7.28. The Morgan fingerprint density at radius 1 is 1.21 bits per heavy atom. The molecule has 0 spiro atoms. The van der Waals surface area contributed by atoms with E-state index in [4.69, 9.17) is 26.5 Å². The Morgan fingerprint density at radius 2 is 2.00 bits per heavy atom. The molecule has 1 aliphatic carbocycles. The zero-order valence-corrected chi connectivity index (χ0v) is 18.7. The van der Waals surface area contributed by atoms with Gasteiger partial charge in [0.1, 0.15) is 24.5 Å². The van der Waals surface area contributed by atoms with E-state index in [0.29, 0.717) is 16.9 Å². The van der Waals surface area contributed by atoms with Crippen molar-refractivity contribution in [1.29, 1.82) is 0 Å². The van der Waals surface area contributed by atoms with Crippen LogP contribution in [0.3, 0.4) is 0 Å². The second-order valence-electron chi connectivity index (χ2n) is 8.96. The molecular weight excluding hydrogens is 448 g/mol. The lowest BCUT2D eigenvalue weighted by molar-refractivity contribution is -0.139. The number of hydrogen-bond donors (Lipinski definition) is 1. The van der Waals surface area contributed by atoms with Crippen molar-refractivity contribution in [3.63, 3.8) is 0 Å². The molecule has 3 aliphatic rings. The van der Waals surface area contributed by atoms with E-state index in [9.17, 15) is 14.4 Å². The Balaban J connectivity index is 1.57. The van der Waals surface area contributed by atoms with Gasteiger partial charge in [-0.2, -0.15) is 10.2 Å². The van der Waals surface area contributed by atoms with Crippen LogP contribution >= 0.6 is 11.6 Å². The number of carbonyl (C=O) groups excluding carboxylic acids is 3. The van der Waals surface area contributed by atoms with E-state index in [-0.39, 0.29) is 36.5 Å². The molecular formula is C23H25ClN4O5. The van der Waals surface area contributed by atoms with Gasteiger partial charge in [0.15, 0.2) is 11.5 Å². The van der Waals surface area contributed by atoms with Gasteiger partial charge in [-0.05, 0) is 30.9 Å². The van der Waals surface area contributed by atoms with Gasteiger partial charge in [0.05, 0.1) is 23.7 Å². The van der Waals surface area contributed by atoms with Crippen molar-refractivity contribution in [3.8, 4) is 11.3 Å². The van der Waals surface area contributed by atoms with Gasteiger partial charge in [-0.25, -0.2) is 0 Å². The number of likely N-dealkylation sites (tertiary alicyclic amines) is 1. The van der Waals surface area contributed by atoms with Crippen LogP contribution in [0.15, 0.2) is 28.9 Å². The number of aromatic nitrogens is 2. The Morgan fingerprint density at radius 3 is 2.70 bits per heavy atom.